The molecule has 0 aliphatic heterocycles. The third-order valence-corrected chi connectivity index (χ3v) is 3.69. The van der Waals surface area contributed by atoms with Crippen LogP contribution in [0.15, 0.2) is 12.1 Å². The van der Waals surface area contributed by atoms with Crippen molar-refractivity contribution >= 4 is 11.8 Å². The van der Waals surface area contributed by atoms with Crippen molar-refractivity contribution in [3.8, 4) is 29.1 Å². The second-order valence-electron chi connectivity index (χ2n) is 5.27. The van der Waals surface area contributed by atoms with Gasteiger partial charge in [0, 0.05) is 12.7 Å². The van der Waals surface area contributed by atoms with Gasteiger partial charge in [0.05, 0.1) is 32.6 Å². The van der Waals surface area contributed by atoms with Gasteiger partial charge in [-0.1, -0.05) is 11.8 Å². The molecule has 0 amide bonds. The average molecular weight is 358 g/mol. The van der Waals surface area contributed by atoms with Gasteiger partial charge in [-0.3, -0.25) is 0 Å². The fraction of sp³-hybridized carbons (Fsp3) is 0.333. The van der Waals surface area contributed by atoms with Crippen LogP contribution in [0.3, 0.4) is 0 Å². The molecular weight excluding hydrogens is 336 g/mol. The lowest BCUT2D eigenvalue weighted by Crippen LogP contribution is -2.05. The van der Waals surface area contributed by atoms with Crippen molar-refractivity contribution in [2.75, 3.05) is 39.9 Å². The minimum absolute atomic E-state index is 0.110. The standard InChI is InChI=1S/C18H22N4O4/c1-10-12(17(19)22-18(20)21-10)6-7-13(23-2)11-8-14(24-3)16(26-5)15(9-11)25-4/h8-9,13H,1-5H3,(H4,19,20,21,22)/t13-/m0/s1. The fourth-order valence-electron chi connectivity index (χ4n) is 2.44. The first kappa shape index (κ1) is 19.1. The quantitative estimate of drug-likeness (QED) is 0.776. The summed E-state index contributed by atoms with van der Waals surface area (Å²) in [5.74, 6) is 7.84. The second kappa shape index (κ2) is 8.27. The van der Waals surface area contributed by atoms with Gasteiger partial charge in [0.2, 0.25) is 11.7 Å². The van der Waals surface area contributed by atoms with E-state index in [4.69, 9.17) is 30.4 Å². The zero-order valence-electron chi connectivity index (χ0n) is 15.4. The topological polar surface area (TPSA) is 115 Å². The van der Waals surface area contributed by atoms with Gasteiger partial charge in [0.25, 0.3) is 0 Å². The number of nitrogen functional groups attached to an aromatic ring is 2. The molecule has 1 heterocycles. The number of ether oxygens (including phenoxy) is 4. The molecule has 0 saturated carbocycles. The molecule has 0 unspecified atom stereocenters. The van der Waals surface area contributed by atoms with Crippen molar-refractivity contribution in [2.24, 2.45) is 0 Å². The van der Waals surface area contributed by atoms with Crippen LogP contribution in [0.2, 0.25) is 0 Å². The third-order valence-electron chi connectivity index (χ3n) is 3.69. The first-order valence-electron chi connectivity index (χ1n) is 7.68. The number of hydrogen-bond acceptors (Lipinski definition) is 8. The van der Waals surface area contributed by atoms with Crippen LogP contribution in [0.1, 0.15) is 22.9 Å². The Hall–Kier alpha value is -3.18. The Balaban J connectivity index is 2.48. The highest BCUT2D eigenvalue weighted by Gasteiger charge is 2.17. The number of methoxy groups -OCH3 is 4. The van der Waals surface area contributed by atoms with Crippen molar-refractivity contribution < 1.29 is 18.9 Å². The summed E-state index contributed by atoms with van der Waals surface area (Å²) in [5.41, 5.74) is 13.3. The van der Waals surface area contributed by atoms with Gasteiger partial charge in [0.1, 0.15) is 11.9 Å². The highest BCUT2D eigenvalue weighted by molar-refractivity contribution is 5.57. The number of benzene rings is 1. The van der Waals surface area contributed by atoms with Gasteiger partial charge >= 0.3 is 0 Å². The highest BCUT2D eigenvalue weighted by Crippen LogP contribution is 2.40. The van der Waals surface area contributed by atoms with E-state index in [1.807, 2.05) is 0 Å². The summed E-state index contributed by atoms with van der Waals surface area (Å²) in [7, 11) is 6.19. The van der Waals surface area contributed by atoms with E-state index in [2.05, 4.69) is 21.8 Å². The first-order valence-corrected chi connectivity index (χ1v) is 7.68. The van der Waals surface area contributed by atoms with E-state index >= 15 is 0 Å². The lowest BCUT2D eigenvalue weighted by atomic mass is 10.1. The zero-order chi connectivity index (χ0) is 19.3. The highest BCUT2D eigenvalue weighted by atomic mass is 16.5. The van der Waals surface area contributed by atoms with Crippen molar-refractivity contribution in [1.82, 2.24) is 9.97 Å². The van der Waals surface area contributed by atoms with Gasteiger partial charge < -0.3 is 30.4 Å². The van der Waals surface area contributed by atoms with Crippen molar-refractivity contribution in [2.45, 2.75) is 13.0 Å². The van der Waals surface area contributed by atoms with Crippen molar-refractivity contribution in [1.29, 1.82) is 0 Å². The number of anilines is 2. The lowest BCUT2D eigenvalue weighted by Gasteiger charge is -2.16. The number of hydrogen-bond donors (Lipinski definition) is 2. The van der Waals surface area contributed by atoms with E-state index in [-0.39, 0.29) is 11.8 Å². The van der Waals surface area contributed by atoms with E-state index in [1.165, 1.54) is 0 Å². The van der Waals surface area contributed by atoms with Gasteiger partial charge in [-0.15, -0.1) is 0 Å². The number of aryl methyl sites for hydroxylation is 1. The molecule has 0 radical (unpaired) electrons. The Morgan fingerprint density at radius 3 is 2.04 bits per heavy atom. The van der Waals surface area contributed by atoms with Crippen LogP contribution in [0, 0.1) is 18.8 Å². The molecule has 0 bridgehead atoms. The van der Waals surface area contributed by atoms with Crippen LogP contribution >= 0.6 is 0 Å². The number of nitrogens with zero attached hydrogens (tertiary/aromatic N) is 2. The number of rotatable bonds is 5. The molecular formula is C18H22N4O4. The molecule has 1 aromatic heterocycles. The summed E-state index contributed by atoms with van der Waals surface area (Å²) in [6, 6.07) is 3.56. The maximum absolute atomic E-state index is 5.89. The fourth-order valence-corrected chi connectivity index (χ4v) is 2.44. The Bertz CT molecular complexity index is 810. The Morgan fingerprint density at radius 1 is 0.962 bits per heavy atom. The molecule has 26 heavy (non-hydrogen) atoms. The summed E-state index contributed by atoms with van der Waals surface area (Å²) >= 11 is 0. The zero-order valence-corrected chi connectivity index (χ0v) is 15.4. The van der Waals surface area contributed by atoms with Crippen LogP contribution in [0.4, 0.5) is 11.8 Å². The van der Waals surface area contributed by atoms with Crippen LogP contribution < -0.4 is 25.7 Å². The summed E-state index contributed by atoms with van der Waals surface area (Å²) < 4.78 is 21.6. The summed E-state index contributed by atoms with van der Waals surface area (Å²) in [6.07, 6.45) is -0.556. The first-order chi connectivity index (χ1) is 12.4. The van der Waals surface area contributed by atoms with Crippen molar-refractivity contribution in [3.05, 3.63) is 29.0 Å². The molecule has 4 N–H and O–H groups in total. The molecule has 0 aliphatic carbocycles. The van der Waals surface area contributed by atoms with Gasteiger partial charge in [-0.25, -0.2) is 4.98 Å². The normalized spacial score (nSPS) is 11.3. The van der Waals surface area contributed by atoms with Crippen LogP contribution in [0.25, 0.3) is 0 Å². The maximum atomic E-state index is 5.89. The second-order valence-corrected chi connectivity index (χ2v) is 5.27. The minimum Gasteiger partial charge on any atom is -0.493 e. The Labute approximate surface area is 152 Å². The van der Waals surface area contributed by atoms with E-state index in [0.29, 0.717) is 28.5 Å². The molecule has 1 aromatic carbocycles. The van der Waals surface area contributed by atoms with Crippen LogP contribution in [0.5, 0.6) is 17.2 Å². The summed E-state index contributed by atoms with van der Waals surface area (Å²) in [6.45, 7) is 1.76. The summed E-state index contributed by atoms with van der Waals surface area (Å²) in [5, 5.41) is 0. The van der Waals surface area contributed by atoms with E-state index < -0.39 is 6.10 Å². The van der Waals surface area contributed by atoms with Gasteiger partial charge in [-0.05, 0) is 19.1 Å². The van der Waals surface area contributed by atoms with Crippen LogP contribution in [-0.2, 0) is 4.74 Å². The van der Waals surface area contributed by atoms with Gasteiger partial charge in [-0.2, -0.15) is 4.98 Å². The molecule has 138 valence electrons. The largest absolute Gasteiger partial charge is 0.493 e. The van der Waals surface area contributed by atoms with E-state index in [9.17, 15) is 0 Å². The van der Waals surface area contributed by atoms with E-state index in [1.54, 1.807) is 47.5 Å². The Kier molecular flexibility index (Phi) is 6.09. The summed E-state index contributed by atoms with van der Waals surface area (Å²) in [4.78, 5) is 8.01. The SMILES string of the molecule is COc1cc([C@H](C#Cc2c(C)nc(N)nc2N)OC)cc(OC)c1OC. The molecule has 1 atom stereocenters. The molecule has 0 fully saturated rings. The lowest BCUT2D eigenvalue weighted by molar-refractivity contribution is 0.149. The minimum atomic E-state index is -0.556. The molecule has 0 spiro atoms. The van der Waals surface area contributed by atoms with Crippen LogP contribution in [-0.4, -0.2) is 38.4 Å². The smallest absolute Gasteiger partial charge is 0.222 e. The molecule has 2 aromatic rings. The molecule has 8 nitrogen and oxygen atoms in total. The molecule has 8 heteroatoms. The molecule has 0 saturated heterocycles. The number of nitrogens with two attached hydrogens (primary N) is 2. The van der Waals surface area contributed by atoms with E-state index in [0.717, 1.165) is 5.56 Å². The molecule has 2 rings (SSSR count). The average Bonchev–Trinajstić information content (AvgIpc) is 2.62. The predicted octanol–water partition coefficient (Wildman–Crippen LogP) is 1.71. The van der Waals surface area contributed by atoms with Gasteiger partial charge in [0.15, 0.2) is 11.5 Å². The maximum Gasteiger partial charge on any atom is 0.222 e. The monoisotopic (exact) mass is 358 g/mol. The molecule has 0 aliphatic rings. The predicted molar refractivity (Wildman–Crippen MR) is 98.3 cm³/mol. The third kappa shape index (κ3) is 3.90. The Morgan fingerprint density at radius 2 is 1.58 bits per heavy atom. The number of aromatic nitrogens is 2. The van der Waals surface area contributed by atoms with Crippen molar-refractivity contribution in [3.63, 3.8) is 0 Å².